The highest BCUT2D eigenvalue weighted by atomic mass is 32.1. The Balaban J connectivity index is 1.50. The maximum atomic E-state index is 12.8. The smallest absolute Gasteiger partial charge is 0.273 e. The monoisotopic (exact) mass is 338 g/mol. The van der Waals surface area contributed by atoms with E-state index in [1.165, 1.54) is 11.3 Å². The lowest BCUT2D eigenvalue weighted by Gasteiger charge is -2.31. The van der Waals surface area contributed by atoms with E-state index in [9.17, 15) is 4.79 Å². The molecule has 122 valence electrons. The van der Waals surface area contributed by atoms with Gasteiger partial charge >= 0.3 is 0 Å². The zero-order valence-corrected chi connectivity index (χ0v) is 14.0. The lowest BCUT2D eigenvalue weighted by molar-refractivity contribution is 0.0699. The van der Waals surface area contributed by atoms with Crippen LogP contribution in [0.2, 0.25) is 0 Å². The molecule has 6 heteroatoms. The molecule has 1 amide bonds. The Morgan fingerprint density at radius 2 is 2.17 bits per heavy atom. The highest BCUT2D eigenvalue weighted by molar-refractivity contribution is 7.13. The molecule has 3 aromatic rings. The number of H-pyrrole nitrogens is 1. The Kier molecular flexibility index (Phi) is 4.13. The molecule has 1 saturated heterocycles. The number of piperidine rings is 1. The zero-order chi connectivity index (χ0) is 16.4. The standard InChI is InChI=1S/C18H18N4OS/c23-18(15-12-24-17(21-15)13-5-2-1-3-6-13)22-10-4-7-14(11-22)16-19-8-9-20-16/h1-3,5-6,8-9,12,14H,4,7,10-11H2,(H,19,20). The second kappa shape index (κ2) is 6.57. The van der Waals surface area contributed by atoms with Crippen LogP contribution in [0.4, 0.5) is 0 Å². The van der Waals surface area contributed by atoms with Crippen LogP contribution >= 0.6 is 11.3 Å². The fraction of sp³-hybridized carbons (Fsp3) is 0.278. The number of carbonyl (C=O) groups excluding carboxylic acids is 1. The molecule has 0 radical (unpaired) electrons. The molecule has 0 spiro atoms. The second-order valence-electron chi connectivity index (χ2n) is 5.97. The number of hydrogen-bond donors (Lipinski definition) is 1. The lowest BCUT2D eigenvalue weighted by Crippen LogP contribution is -2.39. The van der Waals surface area contributed by atoms with Crippen molar-refractivity contribution in [3.63, 3.8) is 0 Å². The van der Waals surface area contributed by atoms with Crippen LogP contribution in [0.1, 0.15) is 35.1 Å². The molecular weight excluding hydrogens is 320 g/mol. The largest absolute Gasteiger partial charge is 0.348 e. The molecule has 1 atom stereocenters. The van der Waals surface area contributed by atoms with Gasteiger partial charge in [0.1, 0.15) is 16.5 Å². The first kappa shape index (κ1) is 15.1. The Labute approximate surface area is 144 Å². The van der Waals surface area contributed by atoms with Crippen molar-refractivity contribution < 1.29 is 4.79 Å². The SMILES string of the molecule is O=C(c1csc(-c2ccccc2)n1)N1CCCC(c2ncc[nH]2)C1. The van der Waals surface area contributed by atoms with Gasteiger partial charge in [-0.05, 0) is 12.8 Å². The van der Waals surface area contributed by atoms with Crippen molar-refractivity contribution in [3.8, 4) is 10.6 Å². The van der Waals surface area contributed by atoms with Crippen LogP contribution in [0.5, 0.6) is 0 Å². The average molecular weight is 338 g/mol. The van der Waals surface area contributed by atoms with Crippen LogP contribution in [0, 0.1) is 0 Å². The average Bonchev–Trinajstić information content (AvgIpc) is 3.34. The van der Waals surface area contributed by atoms with Crippen LogP contribution in [0.3, 0.4) is 0 Å². The van der Waals surface area contributed by atoms with Crippen molar-refractivity contribution in [2.24, 2.45) is 0 Å². The van der Waals surface area contributed by atoms with Crippen molar-refractivity contribution in [3.05, 3.63) is 59.6 Å². The van der Waals surface area contributed by atoms with Gasteiger partial charge in [0.05, 0.1) is 0 Å². The van der Waals surface area contributed by atoms with Crippen molar-refractivity contribution in [1.82, 2.24) is 19.9 Å². The number of nitrogens with zero attached hydrogens (tertiary/aromatic N) is 3. The fourth-order valence-electron chi connectivity index (χ4n) is 3.13. The highest BCUT2D eigenvalue weighted by Crippen LogP contribution is 2.27. The minimum absolute atomic E-state index is 0.0182. The lowest BCUT2D eigenvalue weighted by atomic mass is 9.97. The van der Waals surface area contributed by atoms with Gasteiger partial charge in [-0.3, -0.25) is 4.79 Å². The molecule has 0 aliphatic carbocycles. The van der Waals surface area contributed by atoms with Crippen molar-refractivity contribution >= 4 is 17.2 Å². The van der Waals surface area contributed by atoms with E-state index in [1.54, 1.807) is 6.20 Å². The molecule has 5 nitrogen and oxygen atoms in total. The van der Waals surface area contributed by atoms with Crippen LogP contribution < -0.4 is 0 Å². The van der Waals surface area contributed by atoms with E-state index in [0.29, 0.717) is 12.2 Å². The topological polar surface area (TPSA) is 61.9 Å². The number of amides is 1. The Hall–Kier alpha value is -2.47. The quantitative estimate of drug-likeness (QED) is 0.794. The fourth-order valence-corrected chi connectivity index (χ4v) is 3.93. The molecular formula is C18H18N4OS. The number of imidazole rings is 1. The molecule has 1 unspecified atom stereocenters. The van der Waals surface area contributed by atoms with Crippen LogP contribution in [0.25, 0.3) is 10.6 Å². The maximum absolute atomic E-state index is 12.8. The number of thiazole rings is 1. The van der Waals surface area contributed by atoms with E-state index >= 15 is 0 Å². The van der Waals surface area contributed by atoms with E-state index in [0.717, 1.165) is 35.8 Å². The number of likely N-dealkylation sites (tertiary alicyclic amines) is 1. The summed E-state index contributed by atoms with van der Waals surface area (Å²) in [5.74, 6) is 1.27. The summed E-state index contributed by atoms with van der Waals surface area (Å²) in [5.41, 5.74) is 1.59. The number of hydrogen-bond acceptors (Lipinski definition) is 4. The number of carbonyl (C=O) groups is 1. The van der Waals surface area contributed by atoms with Gasteiger partial charge in [-0.1, -0.05) is 30.3 Å². The number of rotatable bonds is 3. The first-order valence-corrected chi connectivity index (χ1v) is 8.99. The number of benzene rings is 1. The van der Waals surface area contributed by atoms with Gasteiger partial charge in [0.15, 0.2) is 0 Å². The Morgan fingerprint density at radius 1 is 1.29 bits per heavy atom. The predicted molar refractivity (Wildman–Crippen MR) is 94.0 cm³/mol. The molecule has 0 saturated carbocycles. The first-order valence-electron chi connectivity index (χ1n) is 8.11. The highest BCUT2D eigenvalue weighted by Gasteiger charge is 2.28. The minimum atomic E-state index is 0.0182. The van der Waals surface area contributed by atoms with Gasteiger partial charge in [-0.25, -0.2) is 9.97 Å². The molecule has 2 aromatic heterocycles. The first-order chi connectivity index (χ1) is 11.8. The summed E-state index contributed by atoms with van der Waals surface area (Å²) in [5, 5.41) is 2.75. The maximum Gasteiger partial charge on any atom is 0.273 e. The summed E-state index contributed by atoms with van der Waals surface area (Å²) >= 11 is 1.52. The van der Waals surface area contributed by atoms with Crippen LogP contribution in [0.15, 0.2) is 48.1 Å². The molecule has 0 bridgehead atoms. The second-order valence-corrected chi connectivity index (χ2v) is 6.83. The van der Waals surface area contributed by atoms with Crippen molar-refractivity contribution in [2.75, 3.05) is 13.1 Å². The third kappa shape index (κ3) is 2.97. The summed E-state index contributed by atoms with van der Waals surface area (Å²) in [6.07, 6.45) is 5.65. The molecule has 1 fully saturated rings. The van der Waals surface area contributed by atoms with E-state index < -0.39 is 0 Å². The third-order valence-electron chi connectivity index (χ3n) is 4.36. The summed E-state index contributed by atoms with van der Waals surface area (Å²) < 4.78 is 0. The predicted octanol–water partition coefficient (Wildman–Crippen LogP) is 3.55. The number of aromatic amines is 1. The molecule has 3 heterocycles. The minimum Gasteiger partial charge on any atom is -0.348 e. The normalized spacial score (nSPS) is 17.8. The van der Waals surface area contributed by atoms with E-state index in [2.05, 4.69) is 15.0 Å². The summed E-state index contributed by atoms with van der Waals surface area (Å²) in [4.78, 5) is 26.8. The summed E-state index contributed by atoms with van der Waals surface area (Å²) in [6.45, 7) is 1.48. The van der Waals surface area contributed by atoms with E-state index in [1.807, 2.05) is 46.8 Å². The van der Waals surface area contributed by atoms with Crippen molar-refractivity contribution in [2.45, 2.75) is 18.8 Å². The van der Waals surface area contributed by atoms with Crippen LogP contribution in [-0.4, -0.2) is 38.8 Å². The molecule has 4 rings (SSSR count). The van der Waals surface area contributed by atoms with Crippen LogP contribution in [-0.2, 0) is 0 Å². The number of nitrogens with one attached hydrogen (secondary N) is 1. The molecule has 24 heavy (non-hydrogen) atoms. The summed E-state index contributed by atoms with van der Waals surface area (Å²) in [6, 6.07) is 9.97. The van der Waals surface area contributed by atoms with Gasteiger partial charge in [0, 0.05) is 42.3 Å². The van der Waals surface area contributed by atoms with Crippen molar-refractivity contribution in [1.29, 1.82) is 0 Å². The summed E-state index contributed by atoms with van der Waals surface area (Å²) in [7, 11) is 0. The van der Waals surface area contributed by atoms with E-state index in [4.69, 9.17) is 0 Å². The van der Waals surface area contributed by atoms with E-state index in [-0.39, 0.29) is 11.8 Å². The zero-order valence-electron chi connectivity index (χ0n) is 13.2. The van der Waals surface area contributed by atoms with Gasteiger partial charge in [0.2, 0.25) is 0 Å². The molecule has 1 aliphatic heterocycles. The molecule has 1 aromatic carbocycles. The third-order valence-corrected chi connectivity index (χ3v) is 5.25. The number of aromatic nitrogens is 3. The Bertz CT molecular complexity index is 813. The molecule has 1 aliphatic rings. The van der Waals surface area contributed by atoms with Gasteiger partial charge in [-0.15, -0.1) is 11.3 Å². The van der Waals surface area contributed by atoms with Gasteiger partial charge < -0.3 is 9.88 Å². The molecule has 1 N–H and O–H groups in total. The van der Waals surface area contributed by atoms with Gasteiger partial charge in [-0.2, -0.15) is 0 Å². The van der Waals surface area contributed by atoms with Gasteiger partial charge in [0.25, 0.3) is 5.91 Å². The Morgan fingerprint density at radius 3 is 2.96 bits per heavy atom.